The molecule has 0 saturated heterocycles. The topological polar surface area (TPSA) is 126 Å². The average Bonchev–Trinajstić information content (AvgIpc) is 2.68. The van der Waals surface area contributed by atoms with Crippen LogP contribution in [0.4, 0.5) is 0 Å². The van der Waals surface area contributed by atoms with E-state index in [0.29, 0.717) is 23.7 Å². The predicted octanol–water partition coefficient (Wildman–Crippen LogP) is 0.570. The summed E-state index contributed by atoms with van der Waals surface area (Å²) in [4.78, 5) is 50.5. The number of rotatable bonds is 4. The minimum atomic E-state index is -0.658. The Balaban J connectivity index is 1.88. The maximum atomic E-state index is 12.6. The Morgan fingerprint density at radius 2 is 1.74 bits per heavy atom. The maximum absolute atomic E-state index is 12.6. The number of pyridine rings is 1. The molecule has 1 aromatic carbocycles. The second-order valence-corrected chi connectivity index (χ2v) is 5.77. The average molecular weight is 367 g/mol. The monoisotopic (exact) mass is 367 g/mol. The van der Waals surface area contributed by atoms with E-state index in [0.717, 1.165) is 0 Å². The number of fused-ring (bicyclic) bond motifs is 1. The fraction of sp³-hybridized carbons (Fsp3) is 0.167. The number of H-pyrrole nitrogens is 1. The summed E-state index contributed by atoms with van der Waals surface area (Å²) in [6.45, 7) is 2.27. The van der Waals surface area contributed by atoms with Gasteiger partial charge in [-0.3, -0.25) is 30.0 Å². The molecule has 2 amide bonds. The molecular formula is C18H17N5O4. The van der Waals surface area contributed by atoms with Crippen molar-refractivity contribution in [3.63, 3.8) is 0 Å². The number of hydrogen-bond acceptors (Lipinski definition) is 5. The zero-order valence-electron chi connectivity index (χ0n) is 14.5. The minimum Gasteiger partial charge on any atom is -0.328 e. The largest absolute Gasteiger partial charge is 0.328 e. The van der Waals surface area contributed by atoms with E-state index in [9.17, 15) is 19.2 Å². The van der Waals surface area contributed by atoms with Gasteiger partial charge in [0.1, 0.15) is 0 Å². The number of carbonyl (C=O) groups is 2. The van der Waals surface area contributed by atoms with Gasteiger partial charge in [-0.25, -0.2) is 4.68 Å². The molecule has 0 aliphatic carbocycles. The predicted molar refractivity (Wildman–Crippen MR) is 98.3 cm³/mol. The molecule has 0 aliphatic rings. The molecule has 0 spiro atoms. The quantitative estimate of drug-likeness (QED) is 0.581. The zero-order chi connectivity index (χ0) is 19.4. The third-order valence-electron chi connectivity index (χ3n) is 3.85. The highest BCUT2D eigenvalue weighted by molar-refractivity contribution is 6.05. The maximum Gasteiger partial charge on any atom is 0.290 e. The molecule has 138 valence electrons. The van der Waals surface area contributed by atoms with Crippen molar-refractivity contribution in [2.45, 2.75) is 19.9 Å². The van der Waals surface area contributed by atoms with Crippen molar-refractivity contribution >= 4 is 22.6 Å². The second kappa shape index (κ2) is 7.65. The Hall–Kier alpha value is -3.75. The third-order valence-corrected chi connectivity index (χ3v) is 3.85. The van der Waals surface area contributed by atoms with Crippen LogP contribution in [0.15, 0.2) is 52.2 Å². The van der Waals surface area contributed by atoms with Crippen molar-refractivity contribution in [2.75, 3.05) is 0 Å². The van der Waals surface area contributed by atoms with Crippen molar-refractivity contribution < 1.29 is 9.59 Å². The number of nitrogens with zero attached hydrogens (tertiary/aromatic N) is 2. The van der Waals surface area contributed by atoms with E-state index in [1.165, 1.54) is 23.0 Å². The molecule has 0 aliphatic heterocycles. The van der Waals surface area contributed by atoms with Crippen molar-refractivity contribution in [1.82, 2.24) is 25.6 Å². The zero-order valence-corrected chi connectivity index (χ0v) is 14.5. The fourth-order valence-corrected chi connectivity index (χ4v) is 2.56. The number of benzene rings is 1. The van der Waals surface area contributed by atoms with E-state index < -0.39 is 11.8 Å². The van der Waals surface area contributed by atoms with Crippen molar-refractivity contribution in [3.05, 3.63) is 74.6 Å². The van der Waals surface area contributed by atoms with Crippen LogP contribution in [0.2, 0.25) is 0 Å². The van der Waals surface area contributed by atoms with Crippen LogP contribution < -0.4 is 22.0 Å². The number of carbonyl (C=O) groups excluding carboxylic acids is 2. The first-order chi connectivity index (χ1) is 13.0. The van der Waals surface area contributed by atoms with Gasteiger partial charge in [-0.05, 0) is 18.6 Å². The van der Waals surface area contributed by atoms with Gasteiger partial charge in [0.25, 0.3) is 17.4 Å². The normalized spacial score (nSPS) is 10.6. The van der Waals surface area contributed by atoms with Gasteiger partial charge >= 0.3 is 0 Å². The van der Waals surface area contributed by atoms with E-state index in [2.05, 4.69) is 20.9 Å². The van der Waals surface area contributed by atoms with Gasteiger partial charge < -0.3 is 4.98 Å². The first kappa shape index (κ1) is 18.1. The highest BCUT2D eigenvalue weighted by Gasteiger charge is 2.17. The first-order valence-electron chi connectivity index (χ1n) is 8.30. The molecule has 9 nitrogen and oxygen atoms in total. The van der Waals surface area contributed by atoms with Crippen LogP contribution in [-0.4, -0.2) is 26.6 Å². The first-order valence-corrected chi connectivity index (χ1v) is 8.30. The molecule has 0 radical (unpaired) electrons. The summed E-state index contributed by atoms with van der Waals surface area (Å²) in [5, 5.41) is 4.91. The molecule has 3 rings (SSSR count). The summed E-state index contributed by atoms with van der Waals surface area (Å²) < 4.78 is 1.24. The van der Waals surface area contributed by atoms with Gasteiger partial charge in [0.15, 0.2) is 5.69 Å². The number of amides is 2. The van der Waals surface area contributed by atoms with Crippen LogP contribution in [0, 0.1) is 0 Å². The highest BCUT2D eigenvalue weighted by atomic mass is 16.2. The van der Waals surface area contributed by atoms with Gasteiger partial charge in [-0.1, -0.05) is 25.1 Å². The lowest BCUT2D eigenvalue weighted by Crippen LogP contribution is -2.43. The van der Waals surface area contributed by atoms with Crippen molar-refractivity contribution in [3.8, 4) is 0 Å². The van der Waals surface area contributed by atoms with Gasteiger partial charge in [0, 0.05) is 24.2 Å². The Morgan fingerprint density at radius 3 is 2.41 bits per heavy atom. The van der Waals surface area contributed by atoms with Crippen molar-refractivity contribution in [1.29, 1.82) is 0 Å². The molecule has 0 bridgehead atoms. The number of hydrazine groups is 1. The fourth-order valence-electron chi connectivity index (χ4n) is 2.56. The Kier molecular flexibility index (Phi) is 5.11. The standard InChI is InChI=1S/C18H17N5O4/c1-2-9-23-18(27)13-6-4-3-5-12(13)15(22-23)17(26)21-20-16(25)11-7-8-14(24)19-10-11/h3-8,10H,2,9H2,1H3,(H,19,24)(H,20,25)(H,21,26). The second-order valence-electron chi connectivity index (χ2n) is 5.77. The molecule has 2 heterocycles. The summed E-state index contributed by atoms with van der Waals surface area (Å²) in [7, 11) is 0. The molecule has 0 unspecified atom stereocenters. The smallest absolute Gasteiger partial charge is 0.290 e. The van der Waals surface area contributed by atoms with Crippen LogP contribution in [-0.2, 0) is 6.54 Å². The minimum absolute atomic E-state index is 0.0282. The Bertz CT molecular complexity index is 1110. The molecule has 0 saturated carbocycles. The van der Waals surface area contributed by atoms with Crippen LogP contribution >= 0.6 is 0 Å². The molecule has 3 N–H and O–H groups in total. The molecule has 27 heavy (non-hydrogen) atoms. The summed E-state index contributed by atoms with van der Waals surface area (Å²) in [6, 6.07) is 9.19. The molecule has 2 aromatic heterocycles. The number of nitrogens with one attached hydrogen (secondary N) is 3. The summed E-state index contributed by atoms with van der Waals surface area (Å²) >= 11 is 0. The highest BCUT2D eigenvalue weighted by Crippen LogP contribution is 2.13. The summed E-state index contributed by atoms with van der Waals surface area (Å²) in [5.41, 5.74) is 4.12. The van der Waals surface area contributed by atoms with Gasteiger partial charge in [0.05, 0.1) is 10.9 Å². The van der Waals surface area contributed by atoms with E-state index in [1.807, 2.05) is 6.92 Å². The third kappa shape index (κ3) is 3.76. The number of aromatic amines is 1. The Labute approximate surface area is 153 Å². The van der Waals surface area contributed by atoms with Gasteiger partial charge in [0.2, 0.25) is 5.56 Å². The molecule has 0 fully saturated rings. The Morgan fingerprint density at radius 1 is 1.04 bits per heavy atom. The van der Waals surface area contributed by atoms with Crippen molar-refractivity contribution in [2.24, 2.45) is 0 Å². The van der Waals surface area contributed by atoms with Gasteiger partial charge in [-0.2, -0.15) is 5.10 Å². The molecule has 0 atom stereocenters. The van der Waals surface area contributed by atoms with E-state index >= 15 is 0 Å². The molecule has 9 heteroatoms. The van der Waals surface area contributed by atoms with Gasteiger partial charge in [-0.15, -0.1) is 0 Å². The summed E-state index contributed by atoms with van der Waals surface area (Å²) in [6.07, 6.45) is 1.91. The molecule has 3 aromatic rings. The van der Waals surface area contributed by atoms with E-state index in [-0.39, 0.29) is 22.4 Å². The lowest BCUT2D eigenvalue weighted by Gasteiger charge is -2.11. The van der Waals surface area contributed by atoms with E-state index in [4.69, 9.17) is 0 Å². The lowest BCUT2D eigenvalue weighted by molar-refractivity contribution is 0.0843. The SMILES string of the molecule is CCCn1nc(C(=O)NNC(=O)c2ccc(=O)[nH]c2)c2ccccc2c1=O. The number of aromatic nitrogens is 3. The van der Waals surface area contributed by atoms with Crippen LogP contribution in [0.1, 0.15) is 34.2 Å². The molecular weight excluding hydrogens is 350 g/mol. The van der Waals surface area contributed by atoms with Crippen LogP contribution in [0.3, 0.4) is 0 Å². The number of hydrogen-bond donors (Lipinski definition) is 3. The van der Waals surface area contributed by atoms with E-state index in [1.54, 1.807) is 24.3 Å². The van der Waals surface area contributed by atoms with Crippen LogP contribution in [0.25, 0.3) is 10.8 Å². The number of aryl methyl sites for hydroxylation is 1. The summed E-state index contributed by atoms with van der Waals surface area (Å²) in [5.74, 6) is -1.26. The lowest BCUT2D eigenvalue weighted by atomic mass is 10.1. The van der Waals surface area contributed by atoms with Crippen LogP contribution in [0.5, 0.6) is 0 Å².